The topological polar surface area (TPSA) is 120 Å². The van der Waals surface area contributed by atoms with Crippen molar-refractivity contribution in [1.82, 2.24) is 10.6 Å². The second-order valence-electron chi connectivity index (χ2n) is 7.19. The zero-order valence-electron chi connectivity index (χ0n) is 18.3. The summed E-state index contributed by atoms with van der Waals surface area (Å²) >= 11 is 0. The van der Waals surface area contributed by atoms with Gasteiger partial charge in [-0.25, -0.2) is 0 Å². The van der Waals surface area contributed by atoms with Crippen LogP contribution in [0.3, 0.4) is 0 Å². The molecule has 8 heteroatoms. The van der Waals surface area contributed by atoms with Gasteiger partial charge in [-0.15, -0.1) is 0 Å². The molecular formula is C22H35N3O5. The first kappa shape index (κ1) is 25.3. The average Bonchev–Trinajstić information content (AvgIpc) is 2.72. The Morgan fingerprint density at radius 3 is 2.37 bits per heavy atom. The first-order valence-electron chi connectivity index (χ1n) is 10.5. The molecule has 0 aromatic heterocycles. The van der Waals surface area contributed by atoms with E-state index in [-0.39, 0.29) is 12.3 Å². The van der Waals surface area contributed by atoms with Gasteiger partial charge in [-0.1, -0.05) is 38.7 Å². The lowest BCUT2D eigenvalue weighted by atomic mass is 10.1. The van der Waals surface area contributed by atoms with E-state index >= 15 is 0 Å². The Kier molecular flexibility index (Phi) is 12.0. The van der Waals surface area contributed by atoms with E-state index in [1.807, 2.05) is 12.1 Å². The predicted octanol–water partition coefficient (Wildman–Crippen LogP) is 2.08. The highest BCUT2D eigenvalue weighted by atomic mass is 16.5. The highest BCUT2D eigenvalue weighted by molar-refractivity contribution is 5.91. The van der Waals surface area contributed by atoms with E-state index in [0.29, 0.717) is 30.9 Å². The van der Waals surface area contributed by atoms with Crippen LogP contribution in [0.4, 0.5) is 0 Å². The van der Waals surface area contributed by atoms with E-state index in [1.54, 1.807) is 20.3 Å². The number of carbonyl (C=O) groups is 3. The molecule has 1 aromatic rings. The Labute approximate surface area is 178 Å². The molecule has 0 aliphatic heterocycles. The molecule has 0 heterocycles. The monoisotopic (exact) mass is 421 g/mol. The average molecular weight is 422 g/mol. The number of primary amides is 1. The maximum Gasteiger partial charge on any atom is 0.243 e. The van der Waals surface area contributed by atoms with Crippen LogP contribution in [0.2, 0.25) is 0 Å². The Bertz CT molecular complexity index is 693. The van der Waals surface area contributed by atoms with Crippen molar-refractivity contribution in [2.24, 2.45) is 5.73 Å². The van der Waals surface area contributed by atoms with Gasteiger partial charge in [-0.2, -0.15) is 0 Å². The van der Waals surface area contributed by atoms with Crippen molar-refractivity contribution in [1.29, 1.82) is 0 Å². The number of benzene rings is 1. The molecule has 1 aromatic carbocycles. The first-order chi connectivity index (χ1) is 14.4. The van der Waals surface area contributed by atoms with E-state index in [1.165, 1.54) is 0 Å². The van der Waals surface area contributed by atoms with E-state index in [2.05, 4.69) is 17.6 Å². The summed E-state index contributed by atoms with van der Waals surface area (Å²) in [7, 11) is 3.13. The van der Waals surface area contributed by atoms with Crippen LogP contribution in [-0.2, 0) is 20.8 Å². The van der Waals surface area contributed by atoms with Gasteiger partial charge in [0.1, 0.15) is 6.04 Å². The minimum atomic E-state index is -0.962. The predicted molar refractivity (Wildman–Crippen MR) is 115 cm³/mol. The lowest BCUT2D eigenvalue weighted by Gasteiger charge is -2.17. The quantitative estimate of drug-likeness (QED) is 0.375. The number of nitrogens with one attached hydrogen (secondary N) is 2. The molecule has 168 valence electrons. The highest BCUT2D eigenvalue weighted by Gasteiger charge is 2.22. The number of amides is 3. The number of rotatable bonds is 15. The van der Waals surface area contributed by atoms with Gasteiger partial charge in [0, 0.05) is 13.0 Å². The summed E-state index contributed by atoms with van der Waals surface area (Å²) in [6, 6.07) is 4.56. The van der Waals surface area contributed by atoms with Crippen LogP contribution >= 0.6 is 0 Å². The van der Waals surface area contributed by atoms with Crippen molar-refractivity contribution in [3.05, 3.63) is 23.8 Å². The Hall–Kier alpha value is -2.77. The zero-order chi connectivity index (χ0) is 22.4. The second kappa shape index (κ2) is 14.3. The molecule has 0 bridgehead atoms. The van der Waals surface area contributed by atoms with E-state index in [4.69, 9.17) is 15.2 Å². The molecular weight excluding hydrogens is 386 g/mol. The summed E-state index contributed by atoms with van der Waals surface area (Å²) in [5.41, 5.74) is 6.20. The molecule has 30 heavy (non-hydrogen) atoms. The van der Waals surface area contributed by atoms with Gasteiger partial charge in [-0.05, 0) is 30.5 Å². The molecule has 4 N–H and O–H groups in total. The van der Waals surface area contributed by atoms with Crippen molar-refractivity contribution >= 4 is 17.7 Å². The Balaban J connectivity index is 2.52. The van der Waals surface area contributed by atoms with Crippen LogP contribution in [0.5, 0.6) is 11.5 Å². The molecule has 0 unspecified atom stereocenters. The fraction of sp³-hybridized carbons (Fsp3) is 0.591. The minimum Gasteiger partial charge on any atom is -0.493 e. The van der Waals surface area contributed by atoms with Crippen LogP contribution < -0.4 is 25.8 Å². The van der Waals surface area contributed by atoms with Gasteiger partial charge in [0.25, 0.3) is 0 Å². The van der Waals surface area contributed by atoms with Crippen molar-refractivity contribution in [3.63, 3.8) is 0 Å². The molecule has 0 aliphatic rings. The molecule has 0 saturated heterocycles. The van der Waals surface area contributed by atoms with Gasteiger partial charge in [-0.3, -0.25) is 14.4 Å². The highest BCUT2D eigenvalue weighted by Crippen LogP contribution is 2.27. The fourth-order valence-electron chi connectivity index (χ4n) is 3.06. The molecule has 3 amide bonds. The van der Waals surface area contributed by atoms with Crippen LogP contribution in [0.25, 0.3) is 0 Å². The number of carbonyl (C=O) groups excluding carboxylic acids is 3. The number of hydrogen-bond donors (Lipinski definition) is 3. The number of methoxy groups -OCH3 is 2. The Morgan fingerprint density at radius 1 is 1.03 bits per heavy atom. The van der Waals surface area contributed by atoms with Crippen molar-refractivity contribution in [2.45, 2.75) is 64.3 Å². The van der Waals surface area contributed by atoms with Gasteiger partial charge in [0.05, 0.1) is 20.6 Å². The SMILES string of the molecule is CCCCCCCC(=O)N[C@H](CC(N)=O)C(=O)NCCc1ccc(OC)c(OC)c1. The standard InChI is InChI=1S/C22H35N3O5/c1-4-5-6-7-8-9-21(27)25-17(15-20(23)26)22(28)24-13-12-16-10-11-18(29-2)19(14-16)30-3/h10-11,14,17H,4-9,12-13,15H2,1-3H3,(H2,23,26)(H,24,28)(H,25,27)/t17-/m1/s1. The van der Waals surface area contributed by atoms with Crippen LogP contribution in [0.1, 0.15) is 57.4 Å². The lowest BCUT2D eigenvalue weighted by molar-refractivity contribution is -0.131. The summed E-state index contributed by atoms with van der Waals surface area (Å²) in [6.45, 7) is 2.47. The molecule has 0 fully saturated rings. The lowest BCUT2D eigenvalue weighted by Crippen LogP contribution is -2.48. The maximum atomic E-state index is 12.5. The fourth-order valence-corrected chi connectivity index (χ4v) is 3.06. The van der Waals surface area contributed by atoms with E-state index in [0.717, 1.165) is 37.7 Å². The van der Waals surface area contributed by atoms with E-state index in [9.17, 15) is 14.4 Å². The minimum absolute atomic E-state index is 0.232. The molecule has 8 nitrogen and oxygen atoms in total. The third-order valence-corrected chi connectivity index (χ3v) is 4.73. The Morgan fingerprint density at radius 2 is 1.73 bits per heavy atom. The number of hydrogen-bond acceptors (Lipinski definition) is 5. The van der Waals surface area contributed by atoms with Crippen molar-refractivity contribution in [2.75, 3.05) is 20.8 Å². The summed E-state index contributed by atoms with van der Waals surface area (Å²) in [5, 5.41) is 5.39. The van der Waals surface area contributed by atoms with E-state index < -0.39 is 17.9 Å². The van der Waals surface area contributed by atoms with Gasteiger partial charge in [0.15, 0.2) is 11.5 Å². The van der Waals surface area contributed by atoms with Crippen LogP contribution in [-0.4, -0.2) is 44.5 Å². The van der Waals surface area contributed by atoms with Crippen LogP contribution in [0.15, 0.2) is 18.2 Å². The summed E-state index contributed by atoms with van der Waals surface area (Å²) in [6.07, 6.45) is 5.76. The second-order valence-corrected chi connectivity index (χ2v) is 7.19. The summed E-state index contributed by atoms with van der Waals surface area (Å²) < 4.78 is 10.5. The number of unbranched alkanes of at least 4 members (excludes halogenated alkanes) is 4. The zero-order valence-corrected chi connectivity index (χ0v) is 18.3. The largest absolute Gasteiger partial charge is 0.493 e. The molecule has 0 saturated carbocycles. The molecule has 0 radical (unpaired) electrons. The molecule has 0 aliphatic carbocycles. The third-order valence-electron chi connectivity index (χ3n) is 4.73. The first-order valence-corrected chi connectivity index (χ1v) is 10.5. The van der Waals surface area contributed by atoms with Gasteiger partial charge >= 0.3 is 0 Å². The molecule has 0 spiro atoms. The number of ether oxygens (including phenoxy) is 2. The molecule has 1 rings (SSSR count). The van der Waals surface area contributed by atoms with Gasteiger partial charge in [0.2, 0.25) is 17.7 Å². The summed E-state index contributed by atoms with van der Waals surface area (Å²) in [4.78, 5) is 35.9. The number of nitrogens with two attached hydrogens (primary N) is 1. The summed E-state index contributed by atoms with van der Waals surface area (Å²) in [5.74, 6) is -0.0666. The third kappa shape index (κ3) is 9.62. The normalized spacial score (nSPS) is 11.4. The maximum absolute atomic E-state index is 12.5. The van der Waals surface area contributed by atoms with Crippen LogP contribution in [0, 0.1) is 0 Å². The smallest absolute Gasteiger partial charge is 0.243 e. The van der Waals surface area contributed by atoms with Gasteiger partial charge < -0.3 is 25.8 Å². The molecule has 1 atom stereocenters. The van der Waals surface area contributed by atoms with Crippen molar-refractivity contribution < 1.29 is 23.9 Å². The van der Waals surface area contributed by atoms with Crippen molar-refractivity contribution in [3.8, 4) is 11.5 Å².